The van der Waals surface area contributed by atoms with E-state index < -0.39 is 6.09 Å². The number of ether oxygens (including phenoxy) is 1. The normalized spacial score (nSPS) is 10.3. The molecule has 0 spiro atoms. The second-order valence-corrected chi connectivity index (χ2v) is 6.36. The maximum atomic E-state index is 10.5. The van der Waals surface area contributed by atoms with E-state index in [4.69, 9.17) is 22.1 Å². The first-order valence-electron chi connectivity index (χ1n) is 5.08. The van der Waals surface area contributed by atoms with Crippen molar-refractivity contribution >= 4 is 40.8 Å². The van der Waals surface area contributed by atoms with Crippen molar-refractivity contribution in [2.24, 2.45) is 5.73 Å². The zero-order valence-electron chi connectivity index (χ0n) is 9.26. The minimum Gasteiger partial charge on any atom is -0.444 e. The molecule has 0 saturated carbocycles. The zero-order valence-corrected chi connectivity index (χ0v) is 11.6. The molecule has 3 nitrogen and oxygen atoms in total. The summed E-state index contributed by atoms with van der Waals surface area (Å²) >= 11 is 9.03. The molecule has 0 aliphatic heterocycles. The van der Waals surface area contributed by atoms with Gasteiger partial charge in [0.05, 0.1) is 4.21 Å². The van der Waals surface area contributed by atoms with Gasteiger partial charge in [0.25, 0.3) is 0 Å². The Hall–Kier alpha value is -1.17. The third-order valence-corrected chi connectivity index (χ3v) is 4.48. The van der Waals surface area contributed by atoms with Crippen LogP contribution in [0.3, 0.4) is 0 Å². The predicted molar refractivity (Wildman–Crippen MR) is 74.3 cm³/mol. The average Bonchev–Trinajstić information content (AvgIpc) is 2.77. The van der Waals surface area contributed by atoms with Crippen molar-refractivity contribution in [3.63, 3.8) is 0 Å². The van der Waals surface area contributed by atoms with Crippen molar-refractivity contribution in [3.8, 4) is 0 Å². The first-order valence-corrected chi connectivity index (χ1v) is 7.09. The second-order valence-electron chi connectivity index (χ2n) is 3.38. The number of carbonyl (C=O) groups excluding carboxylic acids is 1. The van der Waals surface area contributed by atoms with Gasteiger partial charge in [0.1, 0.15) is 6.61 Å². The summed E-state index contributed by atoms with van der Waals surface area (Å²) in [6.45, 7) is 0.223. The van der Waals surface area contributed by atoms with Gasteiger partial charge >= 0.3 is 6.09 Å². The first-order chi connectivity index (χ1) is 8.63. The fourth-order valence-corrected chi connectivity index (χ4v) is 3.44. The van der Waals surface area contributed by atoms with Crippen LogP contribution < -0.4 is 5.73 Å². The Morgan fingerprint density at radius 1 is 1.28 bits per heavy atom. The number of rotatable bonds is 4. The van der Waals surface area contributed by atoms with Crippen LogP contribution in [0.15, 0.2) is 45.5 Å². The maximum absolute atomic E-state index is 10.5. The minimum atomic E-state index is -0.754. The van der Waals surface area contributed by atoms with E-state index in [0.717, 1.165) is 19.0 Å². The van der Waals surface area contributed by atoms with Crippen molar-refractivity contribution in [2.75, 3.05) is 0 Å². The quantitative estimate of drug-likeness (QED) is 0.922. The largest absolute Gasteiger partial charge is 0.444 e. The Balaban J connectivity index is 1.97. The van der Waals surface area contributed by atoms with Crippen LogP contribution in [0.1, 0.15) is 4.88 Å². The van der Waals surface area contributed by atoms with E-state index in [0.29, 0.717) is 0 Å². The van der Waals surface area contributed by atoms with E-state index in [-0.39, 0.29) is 6.61 Å². The lowest BCUT2D eigenvalue weighted by Crippen LogP contribution is -2.11. The Morgan fingerprint density at radius 3 is 2.67 bits per heavy atom. The van der Waals surface area contributed by atoms with Crippen LogP contribution in [0.25, 0.3) is 0 Å². The molecule has 2 N–H and O–H groups in total. The number of hydrogen-bond donors (Lipinski definition) is 1. The molecule has 0 radical (unpaired) electrons. The fraction of sp³-hybridized carbons (Fsp3) is 0.0833. The number of halogens is 1. The molecule has 2 aromatic rings. The summed E-state index contributed by atoms with van der Waals surface area (Å²) in [5, 5.41) is 0.723. The fourth-order valence-electron chi connectivity index (χ4n) is 1.25. The maximum Gasteiger partial charge on any atom is 0.404 e. The molecule has 0 atom stereocenters. The number of primary amides is 1. The molecule has 0 aliphatic carbocycles. The van der Waals surface area contributed by atoms with E-state index in [1.165, 1.54) is 0 Å². The highest BCUT2D eigenvalue weighted by atomic mass is 35.5. The zero-order chi connectivity index (χ0) is 13.0. The van der Waals surface area contributed by atoms with Gasteiger partial charge in [-0.25, -0.2) is 4.79 Å². The summed E-state index contributed by atoms with van der Waals surface area (Å²) in [5.74, 6) is 0. The molecular weight excluding hydrogens is 290 g/mol. The summed E-state index contributed by atoms with van der Waals surface area (Å²) in [5.41, 5.74) is 4.91. The van der Waals surface area contributed by atoms with Gasteiger partial charge in [0, 0.05) is 14.8 Å². The molecule has 6 heteroatoms. The van der Waals surface area contributed by atoms with Gasteiger partial charge in [-0.05, 0) is 36.4 Å². The van der Waals surface area contributed by atoms with Crippen molar-refractivity contribution in [3.05, 3.63) is 46.3 Å². The van der Waals surface area contributed by atoms with Crippen LogP contribution in [-0.2, 0) is 11.3 Å². The van der Waals surface area contributed by atoms with Gasteiger partial charge < -0.3 is 10.5 Å². The summed E-state index contributed by atoms with van der Waals surface area (Å²) in [7, 11) is 0. The molecule has 94 valence electrons. The molecule has 18 heavy (non-hydrogen) atoms. The number of benzene rings is 1. The molecule has 1 amide bonds. The average molecular weight is 300 g/mol. The van der Waals surface area contributed by atoms with Crippen molar-refractivity contribution < 1.29 is 9.53 Å². The van der Waals surface area contributed by atoms with E-state index in [2.05, 4.69) is 0 Å². The number of nitrogens with two attached hydrogens (primary N) is 1. The predicted octanol–water partition coefficient (Wildman–Crippen LogP) is 4.15. The Bertz CT molecular complexity index is 539. The second kappa shape index (κ2) is 6.13. The molecule has 0 saturated heterocycles. The summed E-state index contributed by atoms with van der Waals surface area (Å²) in [6.07, 6.45) is -0.754. The molecule has 1 aromatic heterocycles. The molecule has 2 rings (SSSR count). The topological polar surface area (TPSA) is 52.3 Å². The van der Waals surface area contributed by atoms with Gasteiger partial charge in [0.15, 0.2) is 0 Å². The van der Waals surface area contributed by atoms with Gasteiger partial charge in [-0.15, -0.1) is 11.3 Å². The van der Waals surface area contributed by atoms with E-state index in [1.807, 2.05) is 36.4 Å². The van der Waals surface area contributed by atoms with Crippen molar-refractivity contribution in [1.82, 2.24) is 0 Å². The number of carbonyl (C=O) groups is 1. The Labute approximate surface area is 118 Å². The van der Waals surface area contributed by atoms with Crippen LogP contribution >= 0.6 is 34.7 Å². The van der Waals surface area contributed by atoms with Crippen LogP contribution in [0.2, 0.25) is 5.02 Å². The van der Waals surface area contributed by atoms with Gasteiger partial charge in [-0.2, -0.15) is 0 Å². The number of hydrogen-bond acceptors (Lipinski definition) is 4. The number of amides is 1. The molecule has 0 bridgehead atoms. The van der Waals surface area contributed by atoms with Crippen LogP contribution in [0, 0.1) is 0 Å². The number of thiophene rings is 1. The van der Waals surface area contributed by atoms with Crippen LogP contribution in [-0.4, -0.2) is 6.09 Å². The van der Waals surface area contributed by atoms with Gasteiger partial charge in [0.2, 0.25) is 0 Å². The molecule has 0 aliphatic rings. The highest BCUT2D eigenvalue weighted by molar-refractivity contribution is 8.01. The lowest BCUT2D eigenvalue weighted by Gasteiger charge is -1.99. The van der Waals surface area contributed by atoms with E-state index in [1.54, 1.807) is 23.1 Å². The SMILES string of the molecule is NC(=O)OCc1ccc(Sc2ccc(Cl)cc2)s1. The Morgan fingerprint density at radius 2 is 2.00 bits per heavy atom. The first kappa shape index (κ1) is 13.3. The molecule has 1 aromatic carbocycles. The molecule has 0 unspecified atom stereocenters. The van der Waals surface area contributed by atoms with E-state index >= 15 is 0 Å². The monoisotopic (exact) mass is 299 g/mol. The van der Waals surface area contributed by atoms with Gasteiger partial charge in [-0.1, -0.05) is 23.4 Å². The smallest absolute Gasteiger partial charge is 0.404 e. The van der Waals surface area contributed by atoms with Crippen molar-refractivity contribution in [2.45, 2.75) is 15.7 Å². The lowest BCUT2D eigenvalue weighted by atomic mass is 10.4. The highest BCUT2D eigenvalue weighted by Crippen LogP contribution is 2.34. The minimum absolute atomic E-state index is 0.223. The Kier molecular flexibility index (Phi) is 4.52. The molecule has 0 fully saturated rings. The van der Waals surface area contributed by atoms with Crippen LogP contribution in [0.4, 0.5) is 4.79 Å². The van der Waals surface area contributed by atoms with Crippen molar-refractivity contribution in [1.29, 1.82) is 0 Å². The summed E-state index contributed by atoms with van der Waals surface area (Å²) in [4.78, 5) is 12.6. The molecular formula is C12H10ClNO2S2. The third kappa shape index (κ3) is 3.94. The summed E-state index contributed by atoms with van der Waals surface area (Å²) in [6, 6.07) is 11.6. The lowest BCUT2D eigenvalue weighted by molar-refractivity contribution is 0.151. The van der Waals surface area contributed by atoms with Gasteiger partial charge in [-0.3, -0.25) is 0 Å². The highest BCUT2D eigenvalue weighted by Gasteiger charge is 2.04. The third-order valence-electron chi connectivity index (χ3n) is 2.03. The van der Waals surface area contributed by atoms with Crippen LogP contribution in [0.5, 0.6) is 0 Å². The molecule has 1 heterocycles. The standard InChI is InChI=1S/C12H10ClNO2S2/c13-8-1-3-9(4-2-8)17-11-6-5-10(18-11)7-16-12(14)15/h1-6H,7H2,(H2,14,15). The van der Waals surface area contributed by atoms with E-state index in [9.17, 15) is 4.79 Å². The summed E-state index contributed by atoms with van der Waals surface area (Å²) < 4.78 is 5.86.